The minimum absolute atomic E-state index is 0.148. The van der Waals surface area contributed by atoms with E-state index in [9.17, 15) is 4.79 Å². The molecule has 1 aromatic carbocycles. The Balaban J connectivity index is 1.77. The molecule has 126 valence electrons. The highest BCUT2D eigenvalue weighted by atomic mass is 32.1. The molecule has 1 aliphatic heterocycles. The molecule has 1 saturated carbocycles. The fourth-order valence-electron chi connectivity index (χ4n) is 4.07. The summed E-state index contributed by atoms with van der Waals surface area (Å²) >= 11 is 1.65. The number of benzene rings is 1. The first-order valence-corrected chi connectivity index (χ1v) is 9.51. The zero-order valence-electron chi connectivity index (χ0n) is 14.3. The average molecular weight is 341 g/mol. The molecule has 2 heterocycles. The van der Waals surface area contributed by atoms with Crippen LogP contribution in [0.5, 0.6) is 0 Å². The minimum Gasteiger partial charge on any atom is -0.354 e. The SMILES string of the molecule is CC(=O)N1c2ccccc2[C@H](Nc2nc(C)cs2)[C@@H](C)C1C1CC1. The van der Waals surface area contributed by atoms with Crippen molar-refractivity contribution < 1.29 is 4.79 Å². The predicted molar refractivity (Wildman–Crippen MR) is 98.5 cm³/mol. The van der Waals surface area contributed by atoms with Crippen LogP contribution in [-0.4, -0.2) is 16.9 Å². The zero-order valence-corrected chi connectivity index (χ0v) is 15.1. The van der Waals surface area contributed by atoms with Gasteiger partial charge in [-0.25, -0.2) is 4.98 Å². The molecule has 3 atom stereocenters. The van der Waals surface area contributed by atoms with E-state index in [1.54, 1.807) is 18.3 Å². The lowest BCUT2D eigenvalue weighted by Crippen LogP contribution is -2.51. The number of anilines is 2. The summed E-state index contributed by atoms with van der Waals surface area (Å²) in [5.41, 5.74) is 3.30. The van der Waals surface area contributed by atoms with Crippen LogP contribution < -0.4 is 10.2 Å². The maximum absolute atomic E-state index is 12.4. The molecular weight excluding hydrogens is 318 g/mol. The van der Waals surface area contributed by atoms with Crippen LogP contribution in [0.4, 0.5) is 10.8 Å². The highest BCUT2D eigenvalue weighted by Gasteiger charge is 2.47. The highest BCUT2D eigenvalue weighted by molar-refractivity contribution is 7.13. The number of aromatic nitrogens is 1. The number of aryl methyl sites for hydroxylation is 1. The average Bonchev–Trinajstić information content (AvgIpc) is 3.31. The number of hydrogen-bond donors (Lipinski definition) is 1. The molecule has 1 N–H and O–H groups in total. The number of thiazole rings is 1. The van der Waals surface area contributed by atoms with Crippen LogP contribution in [0.25, 0.3) is 0 Å². The molecule has 24 heavy (non-hydrogen) atoms. The first kappa shape index (κ1) is 15.6. The molecule has 0 radical (unpaired) electrons. The van der Waals surface area contributed by atoms with E-state index in [1.807, 2.05) is 17.9 Å². The summed E-state index contributed by atoms with van der Waals surface area (Å²) < 4.78 is 0. The maximum atomic E-state index is 12.4. The Hall–Kier alpha value is -1.88. The fraction of sp³-hybridized carbons (Fsp3) is 0.474. The molecule has 2 aliphatic rings. The third-order valence-electron chi connectivity index (χ3n) is 5.24. The molecule has 4 nitrogen and oxygen atoms in total. The summed E-state index contributed by atoms with van der Waals surface area (Å²) in [7, 11) is 0. The molecule has 2 aromatic rings. The molecule has 4 rings (SSSR count). The normalized spacial score (nSPS) is 26.1. The van der Waals surface area contributed by atoms with E-state index in [0.717, 1.165) is 16.5 Å². The Bertz CT molecular complexity index is 767. The summed E-state index contributed by atoms with van der Waals surface area (Å²) in [5.74, 6) is 1.12. The lowest BCUT2D eigenvalue weighted by Gasteiger charge is -2.45. The second-order valence-corrected chi connectivity index (χ2v) is 7.91. The maximum Gasteiger partial charge on any atom is 0.224 e. The van der Waals surface area contributed by atoms with E-state index >= 15 is 0 Å². The summed E-state index contributed by atoms with van der Waals surface area (Å²) in [6, 6.07) is 8.77. The van der Waals surface area contributed by atoms with Gasteiger partial charge in [-0.05, 0) is 37.3 Å². The van der Waals surface area contributed by atoms with Crippen LogP contribution >= 0.6 is 11.3 Å². The van der Waals surface area contributed by atoms with Crippen molar-refractivity contribution >= 4 is 28.1 Å². The van der Waals surface area contributed by atoms with Gasteiger partial charge >= 0.3 is 0 Å². The van der Waals surface area contributed by atoms with Gasteiger partial charge in [0.05, 0.1) is 11.7 Å². The van der Waals surface area contributed by atoms with Crippen LogP contribution in [-0.2, 0) is 4.79 Å². The van der Waals surface area contributed by atoms with Crippen molar-refractivity contribution in [2.75, 3.05) is 10.2 Å². The van der Waals surface area contributed by atoms with Crippen LogP contribution in [0, 0.1) is 18.8 Å². The molecule has 0 saturated heterocycles. The quantitative estimate of drug-likeness (QED) is 0.901. The Morgan fingerprint density at radius 1 is 1.33 bits per heavy atom. The minimum atomic E-state index is 0.148. The van der Waals surface area contributed by atoms with Gasteiger partial charge in [0.25, 0.3) is 0 Å². The zero-order chi connectivity index (χ0) is 16.8. The van der Waals surface area contributed by atoms with Gasteiger partial charge in [-0.3, -0.25) is 4.79 Å². The van der Waals surface area contributed by atoms with Gasteiger partial charge in [-0.2, -0.15) is 0 Å². The van der Waals surface area contributed by atoms with Gasteiger partial charge < -0.3 is 10.2 Å². The Labute approximate surface area is 146 Å². The number of carbonyl (C=O) groups excluding carboxylic acids is 1. The number of para-hydroxylation sites is 1. The number of nitrogens with one attached hydrogen (secondary N) is 1. The molecule has 0 bridgehead atoms. The molecule has 0 spiro atoms. The van der Waals surface area contributed by atoms with E-state index in [2.05, 4.69) is 40.8 Å². The topological polar surface area (TPSA) is 45.2 Å². The summed E-state index contributed by atoms with van der Waals surface area (Å²) in [6.45, 7) is 5.98. The third kappa shape index (κ3) is 2.61. The monoisotopic (exact) mass is 341 g/mol. The van der Waals surface area contributed by atoms with Crippen molar-refractivity contribution in [3.63, 3.8) is 0 Å². The second-order valence-electron chi connectivity index (χ2n) is 7.05. The van der Waals surface area contributed by atoms with Gasteiger partial charge in [0, 0.05) is 30.0 Å². The molecule has 1 aromatic heterocycles. The summed E-state index contributed by atoms with van der Waals surface area (Å²) in [5, 5.41) is 6.68. The largest absolute Gasteiger partial charge is 0.354 e. The fourth-order valence-corrected chi connectivity index (χ4v) is 4.79. The van der Waals surface area contributed by atoms with Crippen molar-refractivity contribution in [2.45, 2.75) is 45.7 Å². The van der Waals surface area contributed by atoms with E-state index in [0.29, 0.717) is 11.8 Å². The molecule has 1 fully saturated rings. The molecular formula is C19H23N3OS. The first-order chi connectivity index (χ1) is 11.6. The predicted octanol–water partition coefficient (Wildman–Crippen LogP) is 4.39. The van der Waals surface area contributed by atoms with Gasteiger partial charge in [-0.15, -0.1) is 11.3 Å². The second kappa shape index (κ2) is 5.88. The number of nitrogens with zero attached hydrogens (tertiary/aromatic N) is 2. The Kier molecular flexibility index (Phi) is 3.83. The molecule has 1 amide bonds. The van der Waals surface area contributed by atoms with Gasteiger partial charge in [0.2, 0.25) is 5.91 Å². The van der Waals surface area contributed by atoms with E-state index in [-0.39, 0.29) is 18.0 Å². The number of fused-ring (bicyclic) bond motifs is 1. The van der Waals surface area contributed by atoms with E-state index in [1.165, 1.54) is 18.4 Å². The van der Waals surface area contributed by atoms with Crippen molar-refractivity contribution in [2.24, 2.45) is 11.8 Å². The highest BCUT2D eigenvalue weighted by Crippen LogP contribution is 2.49. The summed E-state index contributed by atoms with van der Waals surface area (Å²) in [6.07, 6.45) is 2.45. The van der Waals surface area contributed by atoms with Gasteiger partial charge in [0.15, 0.2) is 5.13 Å². The Morgan fingerprint density at radius 2 is 2.08 bits per heavy atom. The van der Waals surface area contributed by atoms with Crippen molar-refractivity contribution in [1.82, 2.24) is 4.98 Å². The van der Waals surface area contributed by atoms with Crippen LogP contribution in [0.15, 0.2) is 29.6 Å². The van der Waals surface area contributed by atoms with Crippen molar-refractivity contribution in [3.05, 3.63) is 40.9 Å². The van der Waals surface area contributed by atoms with E-state index in [4.69, 9.17) is 0 Å². The first-order valence-electron chi connectivity index (χ1n) is 8.63. The Morgan fingerprint density at radius 3 is 2.71 bits per heavy atom. The van der Waals surface area contributed by atoms with Gasteiger partial charge in [-0.1, -0.05) is 25.1 Å². The molecule has 5 heteroatoms. The van der Waals surface area contributed by atoms with E-state index < -0.39 is 0 Å². The van der Waals surface area contributed by atoms with Crippen LogP contribution in [0.3, 0.4) is 0 Å². The smallest absolute Gasteiger partial charge is 0.224 e. The van der Waals surface area contributed by atoms with Crippen molar-refractivity contribution in [3.8, 4) is 0 Å². The van der Waals surface area contributed by atoms with Crippen molar-refractivity contribution in [1.29, 1.82) is 0 Å². The number of hydrogen-bond acceptors (Lipinski definition) is 4. The standard InChI is InChI=1S/C19H23N3OS/c1-11-10-24-19(20-11)21-17-12(2)18(14-8-9-14)22(13(3)23)16-7-5-4-6-15(16)17/h4-7,10,12,14,17-18H,8-9H2,1-3H3,(H,20,21)/t12-,17-,18?/m1/s1. The number of amides is 1. The van der Waals surface area contributed by atoms with Gasteiger partial charge in [0.1, 0.15) is 0 Å². The molecule has 1 aliphatic carbocycles. The lowest BCUT2D eigenvalue weighted by molar-refractivity contribution is -0.117. The molecule has 1 unspecified atom stereocenters. The number of rotatable bonds is 3. The lowest BCUT2D eigenvalue weighted by atomic mass is 9.80. The summed E-state index contributed by atoms with van der Waals surface area (Å²) in [4.78, 5) is 19.0. The van der Waals surface area contributed by atoms with Crippen LogP contribution in [0.2, 0.25) is 0 Å². The van der Waals surface area contributed by atoms with Crippen LogP contribution in [0.1, 0.15) is 44.0 Å². The third-order valence-corrected chi connectivity index (χ3v) is 6.13. The number of carbonyl (C=O) groups is 1.